The van der Waals surface area contributed by atoms with Crippen LogP contribution >= 0.6 is 0 Å². The lowest BCUT2D eigenvalue weighted by Gasteiger charge is -2.32. The van der Waals surface area contributed by atoms with Crippen molar-refractivity contribution >= 4 is 17.0 Å². The van der Waals surface area contributed by atoms with Crippen molar-refractivity contribution in [2.45, 2.75) is 64.5 Å². The molecule has 0 aromatic carbocycles. The van der Waals surface area contributed by atoms with Gasteiger partial charge in [-0.2, -0.15) is 5.26 Å². The Kier molecular flexibility index (Phi) is 5.18. The summed E-state index contributed by atoms with van der Waals surface area (Å²) >= 11 is 0. The largest absolute Gasteiger partial charge is 0.439 e. The van der Waals surface area contributed by atoms with E-state index in [9.17, 15) is 4.79 Å². The Labute approximate surface area is 179 Å². The molecule has 3 aromatic rings. The van der Waals surface area contributed by atoms with E-state index >= 15 is 0 Å². The second-order valence-electron chi connectivity index (χ2n) is 8.88. The highest BCUT2D eigenvalue weighted by Crippen LogP contribution is 2.34. The van der Waals surface area contributed by atoms with E-state index in [4.69, 9.17) is 10.2 Å². The van der Waals surface area contributed by atoms with Gasteiger partial charge in [0.05, 0.1) is 12.4 Å². The number of hydrogen-bond acceptors (Lipinski definition) is 8. The second-order valence-corrected chi connectivity index (χ2v) is 8.88. The fourth-order valence-electron chi connectivity index (χ4n) is 4.68. The van der Waals surface area contributed by atoms with E-state index < -0.39 is 5.76 Å². The molecule has 2 aliphatic carbocycles. The molecule has 1 atom stereocenters. The van der Waals surface area contributed by atoms with Gasteiger partial charge in [-0.1, -0.05) is 11.6 Å². The van der Waals surface area contributed by atoms with Crippen LogP contribution < -0.4 is 11.1 Å². The van der Waals surface area contributed by atoms with E-state index in [1.54, 1.807) is 0 Å². The second kappa shape index (κ2) is 8.13. The van der Waals surface area contributed by atoms with E-state index in [2.05, 4.69) is 47.5 Å². The monoisotopic (exact) mass is 422 g/mol. The zero-order valence-corrected chi connectivity index (χ0v) is 17.5. The first-order valence-electron chi connectivity index (χ1n) is 11.1. The predicted molar refractivity (Wildman–Crippen MR) is 113 cm³/mol. The number of nitriles is 1. The Balaban J connectivity index is 1.48. The van der Waals surface area contributed by atoms with Crippen molar-refractivity contribution in [1.29, 1.82) is 5.26 Å². The summed E-state index contributed by atoms with van der Waals surface area (Å²) in [6.07, 6.45) is 9.50. The van der Waals surface area contributed by atoms with Crippen LogP contribution in [0.5, 0.6) is 0 Å². The number of anilines is 1. The standard InChI is InChI=1S/C21H26N8O2/c1-12(15-3-2-4-15)24-18-16-17(25-19(26-18)20-27-21(30)31-28-20)23-11-29(16)10-14-7-5-13(9-22)6-8-14/h11-15H,2-8,10H2,1H3,(H,24,25,26)(H,27,28,30). The number of nitrogens with zero attached hydrogens (tertiary/aromatic N) is 6. The normalized spacial score (nSPS) is 22.7. The molecule has 1 unspecified atom stereocenters. The summed E-state index contributed by atoms with van der Waals surface area (Å²) in [5.41, 5.74) is 1.42. The Morgan fingerprint density at radius 2 is 2.10 bits per heavy atom. The highest BCUT2D eigenvalue weighted by Gasteiger charge is 2.27. The van der Waals surface area contributed by atoms with E-state index in [-0.39, 0.29) is 23.6 Å². The van der Waals surface area contributed by atoms with Crippen LogP contribution in [0.15, 0.2) is 15.6 Å². The fourth-order valence-corrected chi connectivity index (χ4v) is 4.68. The van der Waals surface area contributed by atoms with Gasteiger partial charge in [0.15, 0.2) is 11.5 Å². The summed E-state index contributed by atoms with van der Waals surface area (Å²) < 4.78 is 6.75. The van der Waals surface area contributed by atoms with Crippen molar-refractivity contribution in [3.63, 3.8) is 0 Å². The summed E-state index contributed by atoms with van der Waals surface area (Å²) in [4.78, 5) is 27.7. The molecule has 3 aromatic heterocycles. The number of imidazole rings is 1. The molecular formula is C21H26N8O2. The molecule has 0 radical (unpaired) electrons. The van der Waals surface area contributed by atoms with Crippen molar-refractivity contribution in [3.05, 3.63) is 16.9 Å². The number of hydrogen-bond donors (Lipinski definition) is 2. The van der Waals surface area contributed by atoms with Crippen molar-refractivity contribution in [1.82, 2.24) is 29.7 Å². The molecule has 2 aliphatic rings. The predicted octanol–water partition coefficient (Wildman–Crippen LogP) is 3.10. The van der Waals surface area contributed by atoms with Gasteiger partial charge < -0.3 is 9.88 Å². The van der Waals surface area contributed by atoms with Crippen LogP contribution in [-0.2, 0) is 6.54 Å². The zero-order valence-electron chi connectivity index (χ0n) is 17.5. The van der Waals surface area contributed by atoms with E-state index in [0.29, 0.717) is 23.3 Å². The number of rotatable bonds is 6. The molecule has 0 aliphatic heterocycles. The highest BCUT2D eigenvalue weighted by atomic mass is 16.5. The Bertz CT molecular complexity index is 1160. The summed E-state index contributed by atoms with van der Waals surface area (Å²) in [5.74, 6) is 1.84. The van der Waals surface area contributed by atoms with Crippen LogP contribution in [0.25, 0.3) is 22.8 Å². The summed E-state index contributed by atoms with van der Waals surface area (Å²) in [7, 11) is 0. The number of fused-ring (bicyclic) bond motifs is 1. The number of H-pyrrole nitrogens is 1. The Morgan fingerprint density at radius 1 is 1.29 bits per heavy atom. The molecule has 10 nitrogen and oxygen atoms in total. The lowest BCUT2D eigenvalue weighted by atomic mass is 9.80. The molecule has 31 heavy (non-hydrogen) atoms. The van der Waals surface area contributed by atoms with Crippen LogP contribution in [0.1, 0.15) is 51.9 Å². The van der Waals surface area contributed by atoms with E-state index in [0.717, 1.165) is 37.7 Å². The number of aromatic nitrogens is 6. The van der Waals surface area contributed by atoms with Crippen LogP contribution in [0, 0.1) is 29.1 Å². The fraction of sp³-hybridized carbons (Fsp3) is 0.619. The molecule has 2 saturated carbocycles. The van der Waals surface area contributed by atoms with Crippen molar-refractivity contribution in [3.8, 4) is 17.7 Å². The molecular weight excluding hydrogens is 396 g/mol. The lowest BCUT2D eigenvalue weighted by Crippen LogP contribution is -2.31. The number of nitrogens with one attached hydrogen (secondary N) is 2. The molecule has 0 bridgehead atoms. The minimum atomic E-state index is -0.644. The minimum Gasteiger partial charge on any atom is -0.365 e. The van der Waals surface area contributed by atoms with Crippen molar-refractivity contribution in [2.75, 3.05) is 5.32 Å². The van der Waals surface area contributed by atoms with Gasteiger partial charge >= 0.3 is 5.76 Å². The van der Waals surface area contributed by atoms with Gasteiger partial charge in [0.2, 0.25) is 11.6 Å². The first kappa shape index (κ1) is 19.7. The van der Waals surface area contributed by atoms with Crippen LogP contribution in [0.3, 0.4) is 0 Å². The third-order valence-electron chi connectivity index (χ3n) is 6.83. The molecule has 0 spiro atoms. The molecule has 3 heterocycles. The average molecular weight is 422 g/mol. The van der Waals surface area contributed by atoms with Crippen LogP contribution in [0.4, 0.5) is 5.82 Å². The summed E-state index contributed by atoms with van der Waals surface area (Å²) in [6, 6.07) is 2.67. The Hall–Kier alpha value is -3.22. The maximum absolute atomic E-state index is 11.4. The Morgan fingerprint density at radius 3 is 2.74 bits per heavy atom. The third kappa shape index (κ3) is 3.92. The first-order valence-corrected chi connectivity index (χ1v) is 11.1. The van der Waals surface area contributed by atoms with E-state index in [1.807, 2.05) is 6.33 Å². The lowest BCUT2D eigenvalue weighted by molar-refractivity contribution is 0.284. The zero-order chi connectivity index (χ0) is 21.4. The van der Waals surface area contributed by atoms with Crippen LogP contribution in [-0.4, -0.2) is 35.7 Å². The smallest absolute Gasteiger partial charge is 0.365 e. The highest BCUT2D eigenvalue weighted by molar-refractivity contribution is 5.85. The molecule has 10 heteroatoms. The molecule has 0 amide bonds. The SMILES string of the molecule is CC(Nc1nc(-c2noc(=O)[nH]2)nc2ncn(CC3CCC(C#N)CC3)c12)C1CCC1. The molecule has 162 valence electrons. The average Bonchev–Trinajstić information content (AvgIpc) is 3.33. The van der Waals surface area contributed by atoms with Gasteiger partial charge in [-0.3, -0.25) is 9.51 Å². The minimum absolute atomic E-state index is 0.187. The first-order chi connectivity index (χ1) is 15.1. The van der Waals surface area contributed by atoms with Crippen molar-refractivity contribution < 1.29 is 4.52 Å². The van der Waals surface area contributed by atoms with Crippen LogP contribution in [0.2, 0.25) is 0 Å². The maximum Gasteiger partial charge on any atom is 0.439 e. The van der Waals surface area contributed by atoms with Gasteiger partial charge in [-0.25, -0.2) is 19.7 Å². The third-order valence-corrected chi connectivity index (χ3v) is 6.83. The molecule has 0 saturated heterocycles. The molecule has 2 fully saturated rings. The molecule has 2 N–H and O–H groups in total. The summed E-state index contributed by atoms with van der Waals surface area (Å²) in [6.45, 7) is 3.00. The van der Waals surface area contributed by atoms with Gasteiger partial charge in [-0.05, 0) is 57.3 Å². The topological polar surface area (TPSA) is 138 Å². The summed E-state index contributed by atoms with van der Waals surface area (Å²) in [5, 5.41) is 16.5. The van der Waals surface area contributed by atoms with Gasteiger partial charge in [0.1, 0.15) is 5.52 Å². The van der Waals surface area contributed by atoms with Gasteiger partial charge in [0, 0.05) is 18.5 Å². The molecule has 5 rings (SSSR count). The van der Waals surface area contributed by atoms with E-state index in [1.165, 1.54) is 19.3 Å². The number of aromatic amines is 1. The van der Waals surface area contributed by atoms with Gasteiger partial charge in [-0.15, -0.1) is 0 Å². The quantitative estimate of drug-likeness (QED) is 0.618. The van der Waals surface area contributed by atoms with Crippen molar-refractivity contribution in [2.24, 2.45) is 17.8 Å². The van der Waals surface area contributed by atoms with Gasteiger partial charge in [0.25, 0.3) is 0 Å². The maximum atomic E-state index is 11.4.